The smallest absolute Gasteiger partial charge is 0.0541 e. The highest BCUT2D eigenvalue weighted by Gasteiger charge is 2.21. The number of nitrogens with zero attached hydrogens (tertiary/aromatic N) is 4. The van der Waals surface area contributed by atoms with Crippen LogP contribution in [-0.4, -0.2) is 42.3 Å². The van der Waals surface area contributed by atoms with E-state index in [9.17, 15) is 5.11 Å². The molecule has 0 unspecified atom stereocenters. The molecule has 1 atom stereocenters. The van der Waals surface area contributed by atoms with Gasteiger partial charge in [0.05, 0.1) is 6.10 Å². The quantitative estimate of drug-likeness (QED) is 0.421. The summed E-state index contributed by atoms with van der Waals surface area (Å²) in [5.74, 6) is 0.450. The number of likely N-dealkylation sites (tertiary alicyclic amines) is 1. The van der Waals surface area contributed by atoms with E-state index in [1.165, 1.54) is 0 Å². The van der Waals surface area contributed by atoms with Gasteiger partial charge in [0.25, 0.3) is 0 Å². The molecule has 1 aliphatic heterocycles. The lowest BCUT2D eigenvalue weighted by Gasteiger charge is -2.32. The summed E-state index contributed by atoms with van der Waals surface area (Å²) >= 11 is 0. The number of hydrogen-bond donors (Lipinski definition) is 1. The van der Waals surface area contributed by atoms with Gasteiger partial charge in [-0.15, -0.1) is 0 Å². The molecule has 1 rings (SSSR count). The van der Waals surface area contributed by atoms with Crippen LogP contribution in [0.3, 0.4) is 0 Å². The Hall–Kier alpha value is -0.770. The van der Waals surface area contributed by atoms with Crippen LogP contribution in [0.1, 0.15) is 19.8 Å². The maximum Gasteiger partial charge on any atom is 0.0541 e. The predicted octanol–water partition coefficient (Wildman–Crippen LogP) is 1.39. The molecule has 1 heterocycles. The number of aliphatic hydroxyl groups excluding tert-OH is 1. The number of piperidine rings is 1. The lowest BCUT2D eigenvalue weighted by Crippen LogP contribution is -2.38. The minimum absolute atomic E-state index is 0.186. The highest BCUT2D eigenvalue weighted by atomic mass is 16.3. The fourth-order valence-electron chi connectivity index (χ4n) is 1.89. The molecule has 0 amide bonds. The van der Waals surface area contributed by atoms with Gasteiger partial charge in [-0.1, -0.05) is 5.11 Å². The van der Waals surface area contributed by atoms with Crippen molar-refractivity contribution in [3.63, 3.8) is 0 Å². The first-order valence-electron chi connectivity index (χ1n) is 5.15. The normalized spacial score (nSPS) is 21.6. The molecule has 0 aromatic carbocycles. The fraction of sp³-hybridized carbons (Fsp3) is 1.00. The molecule has 1 aliphatic rings. The fourth-order valence-corrected chi connectivity index (χ4v) is 1.89. The van der Waals surface area contributed by atoms with Crippen molar-refractivity contribution in [2.45, 2.75) is 25.9 Å². The van der Waals surface area contributed by atoms with E-state index in [4.69, 9.17) is 5.53 Å². The van der Waals surface area contributed by atoms with E-state index in [0.717, 1.165) is 32.5 Å². The van der Waals surface area contributed by atoms with Crippen molar-refractivity contribution in [3.8, 4) is 0 Å². The van der Waals surface area contributed by atoms with Crippen LogP contribution < -0.4 is 0 Å². The van der Waals surface area contributed by atoms with Crippen molar-refractivity contribution in [3.05, 3.63) is 10.4 Å². The zero-order valence-corrected chi connectivity index (χ0v) is 8.63. The van der Waals surface area contributed by atoms with Gasteiger partial charge in [0.2, 0.25) is 0 Å². The first-order valence-corrected chi connectivity index (χ1v) is 5.15. The molecular weight excluding hydrogens is 180 g/mol. The molecule has 14 heavy (non-hydrogen) atoms. The molecule has 1 fully saturated rings. The number of hydrogen-bond acceptors (Lipinski definition) is 3. The van der Waals surface area contributed by atoms with Crippen LogP contribution in [0.25, 0.3) is 10.4 Å². The topological polar surface area (TPSA) is 72.2 Å². The summed E-state index contributed by atoms with van der Waals surface area (Å²) in [6.07, 6.45) is 1.91. The maximum atomic E-state index is 9.39. The first-order chi connectivity index (χ1) is 6.74. The summed E-state index contributed by atoms with van der Waals surface area (Å²) in [6, 6.07) is 0. The molecule has 0 radical (unpaired) electrons. The third kappa shape index (κ3) is 3.54. The Morgan fingerprint density at radius 3 is 2.71 bits per heavy atom. The third-order valence-corrected chi connectivity index (χ3v) is 2.89. The van der Waals surface area contributed by atoms with Gasteiger partial charge in [-0.05, 0) is 44.3 Å². The van der Waals surface area contributed by atoms with E-state index in [2.05, 4.69) is 14.9 Å². The van der Waals surface area contributed by atoms with Crippen LogP contribution in [0.15, 0.2) is 5.11 Å². The Balaban J connectivity index is 2.18. The molecule has 80 valence electrons. The van der Waals surface area contributed by atoms with Crippen molar-refractivity contribution in [1.29, 1.82) is 0 Å². The summed E-state index contributed by atoms with van der Waals surface area (Å²) < 4.78 is 0. The second-order valence-electron chi connectivity index (χ2n) is 3.87. The summed E-state index contributed by atoms with van der Waals surface area (Å²) in [7, 11) is 0. The van der Waals surface area contributed by atoms with Crippen molar-refractivity contribution in [2.75, 3.05) is 26.2 Å². The largest absolute Gasteiger partial charge is 0.393 e. The molecule has 0 aromatic heterocycles. The van der Waals surface area contributed by atoms with Crippen molar-refractivity contribution < 1.29 is 5.11 Å². The van der Waals surface area contributed by atoms with Crippen molar-refractivity contribution in [2.24, 2.45) is 11.0 Å². The lowest BCUT2D eigenvalue weighted by atomic mass is 9.92. The summed E-state index contributed by atoms with van der Waals surface area (Å²) in [6.45, 7) is 5.28. The average Bonchev–Trinajstić information content (AvgIpc) is 2.19. The van der Waals surface area contributed by atoms with E-state index < -0.39 is 0 Å². The van der Waals surface area contributed by atoms with Crippen LogP contribution in [0.2, 0.25) is 0 Å². The van der Waals surface area contributed by atoms with Gasteiger partial charge >= 0.3 is 0 Å². The van der Waals surface area contributed by atoms with Crippen LogP contribution in [-0.2, 0) is 0 Å². The minimum Gasteiger partial charge on any atom is -0.393 e. The summed E-state index contributed by atoms with van der Waals surface area (Å²) in [5, 5.41) is 12.9. The van der Waals surface area contributed by atoms with E-state index >= 15 is 0 Å². The van der Waals surface area contributed by atoms with Crippen LogP contribution in [0.4, 0.5) is 0 Å². The van der Waals surface area contributed by atoms with Gasteiger partial charge in [-0.3, -0.25) is 0 Å². The average molecular weight is 198 g/mol. The Morgan fingerprint density at radius 2 is 2.21 bits per heavy atom. The zero-order valence-electron chi connectivity index (χ0n) is 8.63. The Morgan fingerprint density at radius 1 is 1.57 bits per heavy atom. The molecule has 1 saturated heterocycles. The van der Waals surface area contributed by atoms with Gasteiger partial charge in [0.15, 0.2) is 0 Å². The van der Waals surface area contributed by atoms with Crippen molar-refractivity contribution >= 4 is 0 Å². The Bertz CT molecular complexity index is 205. The molecule has 1 N–H and O–H groups in total. The minimum atomic E-state index is -0.186. The second kappa shape index (κ2) is 5.86. The molecule has 0 aromatic rings. The van der Waals surface area contributed by atoms with E-state index in [-0.39, 0.29) is 6.10 Å². The van der Waals surface area contributed by atoms with Crippen LogP contribution in [0, 0.1) is 5.92 Å². The standard InChI is InChI=1S/C9H18N4O/c1-8(14)9-2-5-13(6-3-9)7-4-11-12-10/h8-9,14H,2-7H2,1H3/t8-/m1/s1. The highest BCUT2D eigenvalue weighted by Crippen LogP contribution is 2.19. The van der Waals surface area contributed by atoms with E-state index in [1.807, 2.05) is 6.92 Å². The Kier molecular flexibility index (Phi) is 4.73. The van der Waals surface area contributed by atoms with Gasteiger partial charge < -0.3 is 10.0 Å². The Labute approximate surface area is 84.3 Å². The monoisotopic (exact) mass is 198 g/mol. The summed E-state index contributed by atoms with van der Waals surface area (Å²) in [5.41, 5.74) is 8.12. The summed E-state index contributed by atoms with van der Waals surface area (Å²) in [4.78, 5) is 5.01. The number of azide groups is 1. The zero-order chi connectivity index (χ0) is 10.4. The van der Waals surface area contributed by atoms with Gasteiger partial charge in [0, 0.05) is 18.0 Å². The molecule has 5 nitrogen and oxygen atoms in total. The molecular formula is C9H18N4O. The predicted molar refractivity (Wildman–Crippen MR) is 54.9 cm³/mol. The SMILES string of the molecule is C[C@@H](O)C1CCN(CCN=[N+]=[N-])CC1. The molecule has 5 heteroatoms. The second-order valence-corrected chi connectivity index (χ2v) is 3.87. The molecule has 0 bridgehead atoms. The van der Waals surface area contributed by atoms with Crippen molar-refractivity contribution in [1.82, 2.24) is 4.90 Å². The van der Waals surface area contributed by atoms with E-state index in [1.54, 1.807) is 0 Å². The highest BCUT2D eigenvalue weighted by molar-refractivity contribution is 4.75. The molecule has 0 aliphatic carbocycles. The van der Waals surface area contributed by atoms with E-state index in [0.29, 0.717) is 12.5 Å². The number of aliphatic hydroxyl groups is 1. The third-order valence-electron chi connectivity index (χ3n) is 2.89. The van der Waals surface area contributed by atoms with Crippen LogP contribution in [0.5, 0.6) is 0 Å². The maximum absolute atomic E-state index is 9.39. The van der Waals surface area contributed by atoms with Gasteiger partial charge in [-0.25, -0.2) is 0 Å². The van der Waals surface area contributed by atoms with Gasteiger partial charge in [0.1, 0.15) is 0 Å². The molecule has 0 saturated carbocycles. The van der Waals surface area contributed by atoms with Gasteiger partial charge in [-0.2, -0.15) is 0 Å². The van der Waals surface area contributed by atoms with Crippen LogP contribution >= 0.6 is 0 Å². The number of rotatable bonds is 4. The first kappa shape index (κ1) is 11.3. The molecule has 0 spiro atoms. The lowest BCUT2D eigenvalue weighted by molar-refractivity contribution is 0.0729.